The normalized spacial score (nSPS) is 19.1. The van der Waals surface area contributed by atoms with Crippen molar-refractivity contribution in [2.45, 2.75) is 45.4 Å². The molecule has 2 fully saturated rings. The van der Waals surface area contributed by atoms with Crippen molar-refractivity contribution < 1.29 is 9.59 Å². The first kappa shape index (κ1) is 17.0. The van der Waals surface area contributed by atoms with E-state index in [1.165, 1.54) is 12.0 Å². The van der Waals surface area contributed by atoms with Crippen LogP contribution in [0, 0.1) is 5.92 Å². The Hall–Kier alpha value is -1.84. The van der Waals surface area contributed by atoms with E-state index in [1.807, 2.05) is 34.1 Å². The van der Waals surface area contributed by atoms with Crippen LogP contribution < -0.4 is 0 Å². The minimum atomic E-state index is 0.0863. The molecule has 2 aliphatic rings. The van der Waals surface area contributed by atoms with Crippen LogP contribution in [0.2, 0.25) is 0 Å². The van der Waals surface area contributed by atoms with Crippen molar-refractivity contribution in [3.05, 3.63) is 35.4 Å². The molecule has 0 atom stereocenters. The molecule has 0 radical (unpaired) electrons. The highest BCUT2D eigenvalue weighted by Crippen LogP contribution is 2.28. The lowest BCUT2D eigenvalue weighted by atomic mass is 9.84. The summed E-state index contributed by atoms with van der Waals surface area (Å²) in [5, 5.41) is 0. The fraction of sp³-hybridized carbons (Fsp3) is 0.600. The molecule has 1 saturated carbocycles. The summed E-state index contributed by atoms with van der Waals surface area (Å²) in [5.74, 6) is 1.11. The zero-order valence-corrected chi connectivity index (χ0v) is 14.8. The molecular formula is C20H28N2O2. The first-order valence-electron chi connectivity index (χ1n) is 9.24. The second-order valence-corrected chi connectivity index (χ2v) is 7.38. The maximum atomic E-state index is 12.7. The minimum absolute atomic E-state index is 0.0863. The van der Waals surface area contributed by atoms with Gasteiger partial charge in [0.15, 0.2) is 0 Å². The third-order valence-electron chi connectivity index (χ3n) is 5.37. The summed E-state index contributed by atoms with van der Waals surface area (Å²) in [6, 6.07) is 7.95. The highest BCUT2D eigenvalue weighted by molar-refractivity contribution is 5.94. The number of hydrogen-bond donors (Lipinski definition) is 0. The van der Waals surface area contributed by atoms with Gasteiger partial charge in [-0.1, -0.05) is 32.4 Å². The number of rotatable bonds is 3. The van der Waals surface area contributed by atoms with Gasteiger partial charge >= 0.3 is 0 Å². The van der Waals surface area contributed by atoms with Crippen molar-refractivity contribution in [2.24, 2.45) is 5.92 Å². The zero-order chi connectivity index (χ0) is 17.1. The number of carbonyl (C=O) groups excluding carboxylic acids is 2. The Morgan fingerprint density at radius 1 is 0.917 bits per heavy atom. The summed E-state index contributed by atoms with van der Waals surface area (Å²) >= 11 is 0. The van der Waals surface area contributed by atoms with Gasteiger partial charge in [-0.05, 0) is 42.9 Å². The van der Waals surface area contributed by atoms with E-state index in [0.29, 0.717) is 24.9 Å². The highest BCUT2D eigenvalue weighted by atomic mass is 16.2. The first-order chi connectivity index (χ1) is 11.6. The molecule has 4 nitrogen and oxygen atoms in total. The molecular weight excluding hydrogens is 300 g/mol. The van der Waals surface area contributed by atoms with E-state index >= 15 is 0 Å². The quantitative estimate of drug-likeness (QED) is 0.854. The van der Waals surface area contributed by atoms with E-state index in [1.54, 1.807) is 0 Å². The molecule has 0 N–H and O–H groups in total. The fourth-order valence-electron chi connectivity index (χ4n) is 3.45. The van der Waals surface area contributed by atoms with Crippen molar-refractivity contribution in [3.8, 4) is 0 Å². The van der Waals surface area contributed by atoms with Gasteiger partial charge in [0.1, 0.15) is 0 Å². The average Bonchev–Trinajstić information content (AvgIpc) is 2.78. The third-order valence-corrected chi connectivity index (χ3v) is 5.37. The summed E-state index contributed by atoms with van der Waals surface area (Å²) in [6.07, 6.45) is 4.13. The molecule has 1 aromatic carbocycles. The van der Waals surface area contributed by atoms with Crippen LogP contribution in [0.1, 0.15) is 61.4 Å². The van der Waals surface area contributed by atoms with Crippen LogP contribution in [-0.4, -0.2) is 47.8 Å². The molecule has 1 aromatic rings. The second-order valence-electron chi connectivity index (χ2n) is 7.38. The van der Waals surface area contributed by atoms with Gasteiger partial charge in [0.25, 0.3) is 5.91 Å². The summed E-state index contributed by atoms with van der Waals surface area (Å²) < 4.78 is 0. The predicted octanol–water partition coefficient (Wildman–Crippen LogP) is 3.28. The predicted molar refractivity (Wildman–Crippen MR) is 95.0 cm³/mol. The minimum Gasteiger partial charge on any atom is -0.341 e. The van der Waals surface area contributed by atoms with Gasteiger partial charge in [-0.15, -0.1) is 0 Å². The average molecular weight is 328 g/mol. The Bertz CT molecular complexity index is 590. The van der Waals surface area contributed by atoms with Gasteiger partial charge in [0.2, 0.25) is 5.91 Å². The summed E-state index contributed by atoms with van der Waals surface area (Å²) in [4.78, 5) is 29.0. The second kappa shape index (κ2) is 7.37. The molecule has 0 aromatic heterocycles. The number of benzene rings is 1. The van der Waals surface area contributed by atoms with Crippen LogP contribution in [0.25, 0.3) is 0 Å². The standard InChI is InChI=1S/C20H28N2O2/c1-15(2)16-7-9-18(10-8-16)20(24)22-12-4-11-21(13-14-22)19(23)17-5-3-6-17/h7-10,15,17H,3-6,11-14H2,1-2H3. The molecule has 0 unspecified atom stereocenters. The Balaban J connectivity index is 1.60. The van der Waals surface area contributed by atoms with Crippen LogP contribution in [-0.2, 0) is 4.79 Å². The Morgan fingerprint density at radius 3 is 2.12 bits per heavy atom. The molecule has 1 heterocycles. The summed E-state index contributed by atoms with van der Waals surface area (Å²) in [6.45, 7) is 7.14. The first-order valence-corrected chi connectivity index (χ1v) is 9.24. The lowest BCUT2D eigenvalue weighted by Crippen LogP contribution is -2.41. The SMILES string of the molecule is CC(C)c1ccc(C(=O)N2CCCN(C(=O)C3CCC3)CC2)cc1. The maximum Gasteiger partial charge on any atom is 0.253 e. The van der Waals surface area contributed by atoms with Crippen molar-refractivity contribution in [1.29, 1.82) is 0 Å². The van der Waals surface area contributed by atoms with E-state index in [0.717, 1.165) is 37.9 Å². The monoisotopic (exact) mass is 328 g/mol. The van der Waals surface area contributed by atoms with E-state index in [-0.39, 0.29) is 11.8 Å². The largest absolute Gasteiger partial charge is 0.341 e. The van der Waals surface area contributed by atoms with Crippen molar-refractivity contribution >= 4 is 11.8 Å². The van der Waals surface area contributed by atoms with Gasteiger partial charge in [-0.2, -0.15) is 0 Å². The van der Waals surface area contributed by atoms with E-state index < -0.39 is 0 Å². The van der Waals surface area contributed by atoms with E-state index in [2.05, 4.69) is 13.8 Å². The molecule has 1 saturated heterocycles. The molecule has 24 heavy (non-hydrogen) atoms. The highest BCUT2D eigenvalue weighted by Gasteiger charge is 2.31. The lowest BCUT2D eigenvalue weighted by molar-refractivity contribution is -0.138. The number of carbonyl (C=O) groups is 2. The van der Waals surface area contributed by atoms with Gasteiger partial charge in [-0.25, -0.2) is 0 Å². The van der Waals surface area contributed by atoms with Crippen LogP contribution in [0.3, 0.4) is 0 Å². The molecule has 0 spiro atoms. The smallest absolute Gasteiger partial charge is 0.253 e. The van der Waals surface area contributed by atoms with Crippen molar-refractivity contribution in [2.75, 3.05) is 26.2 Å². The van der Waals surface area contributed by atoms with Crippen molar-refractivity contribution in [3.63, 3.8) is 0 Å². The molecule has 1 aliphatic carbocycles. The number of hydrogen-bond acceptors (Lipinski definition) is 2. The molecule has 4 heteroatoms. The molecule has 3 rings (SSSR count). The van der Waals surface area contributed by atoms with Gasteiger partial charge in [-0.3, -0.25) is 9.59 Å². The van der Waals surface area contributed by atoms with Crippen LogP contribution in [0.4, 0.5) is 0 Å². The third kappa shape index (κ3) is 3.63. The molecule has 130 valence electrons. The zero-order valence-electron chi connectivity index (χ0n) is 14.8. The van der Waals surface area contributed by atoms with Gasteiger partial charge < -0.3 is 9.80 Å². The van der Waals surface area contributed by atoms with E-state index in [4.69, 9.17) is 0 Å². The molecule has 0 bridgehead atoms. The Morgan fingerprint density at radius 2 is 1.54 bits per heavy atom. The lowest BCUT2D eigenvalue weighted by Gasteiger charge is -2.31. The van der Waals surface area contributed by atoms with Gasteiger partial charge in [0, 0.05) is 37.7 Å². The Labute approximate surface area is 144 Å². The van der Waals surface area contributed by atoms with Crippen LogP contribution in [0.15, 0.2) is 24.3 Å². The van der Waals surface area contributed by atoms with Crippen LogP contribution >= 0.6 is 0 Å². The Kier molecular flexibility index (Phi) is 5.22. The van der Waals surface area contributed by atoms with Crippen LogP contribution in [0.5, 0.6) is 0 Å². The topological polar surface area (TPSA) is 40.6 Å². The molecule has 1 aliphatic heterocycles. The summed E-state index contributed by atoms with van der Waals surface area (Å²) in [5.41, 5.74) is 2.00. The fourth-order valence-corrected chi connectivity index (χ4v) is 3.45. The van der Waals surface area contributed by atoms with E-state index in [9.17, 15) is 9.59 Å². The van der Waals surface area contributed by atoms with Crippen molar-refractivity contribution in [1.82, 2.24) is 9.80 Å². The van der Waals surface area contributed by atoms with Gasteiger partial charge in [0.05, 0.1) is 0 Å². The molecule has 2 amide bonds. The summed E-state index contributed by atoms with van der Waals surface area (Å²) in [7, 11) is 0. The number of nitrogens with zero attached hydrogens (tertiary/aromatic N) is 2. The maximum absolute atomic E-state index is 12.7. The number of amides is 2.